The van der Waals surface area contributed by atoms with Crippen LogP contribution < -0.4 is 10.5 Å². The zero-order valence-electron chi connectivity index (χ0n) is 14.4. The predicted molar refractivity (Wildman–Crippen MR) is 97.5 cm³/mol. The zero-order valence-corrected chi connectivity index (χ0v) is 14.4. The molecule has 0 atom stereocenters. The van der Waals surface area contributed by atoms with Crippen LogP contribution in [0.2, 0.25) is 0 Å². The quantitative estimate of drug-likeness (QED) is 0.748. The largest absolute Gasteiger partial charge is 0.421 e. The van der Waals surface area contributed by atoms with E-state index in [4.69, 9.17) is 15.7 Å². The lowest BCUT2D eigenvalue weighted by Crippen LogP contribution is -2.11. The molecule has 6 nitrogen and oxygen atoms in total. The lowest BCUT2D eigenvalue weighted by Gasteiger charge is -2.28. The van der Waals surface area contributed by atoms with Crippen molar-refractivity contribution in [2.75, 3.05) is 5.73 Å². The van der Waals surface area contributed by atoms with E-state index in [0.29, 0.717) is 5.56 Å². The summed E-state index contributed by atoms with van der Waals surface area (Å²) in [7, 11) is 0. The molecule has 2 N–H and O–H groups in total. The summed E-state index contributed by atoms with van der Waals surface area (Å²) in [6, 6.07) is 8.79. The number of rotatable bonds is 4. The minimum Gasteiger partial charge on any atom is -0.421 e. The molecule has 1 saturated carbocycles. The molecular formula is C20H16FN5O. The van der Waals surface area contributed by atoms with Gasteiger partial charge in [-0.15, -0.1) is 0 Å². The van der Waals surface area contributed by atoms with Crippen LogP contribution in [0.5, 0.6) is 11.8 Å². The van der Waals surface area contributed by atoms with Crippen LogP contribution in [0.1, 0.15) is 36.3 Å². The molecule has 7 heteroatoms. The number of anilines is 1. The van der Waals surface area contributed by atoms with Crippen LogP contribution in [0.3, 0.4) is 0 Å². The molecule has 1 aliphatic carbocycles. The Kier molecular flexibility index (Phi) is 4.38. The number of aromatic nitrogens is 3. The Morgan fingerprint density at radius 2 is 1.96 bits per heavy atom. The molecule has 4 rings (SSSR count). The highest BCUT2D eigenvalue weighted by Gasteiger charge is 2.27. The van der Waals surface area contributed by atoms with E-state index in [1.807, 2.05) is 12.1 Å². The Bertz CT molecular complexity index is 1030. The van der Waals surface area contributed by atoms with E-state index < -0.39 is 5.82 Å². The van der Waals surface area contributed by atoms with Gasteiger partial charge in [-0.3, -0.25) is 0 Å². The molecule has 27 heavy (non-hydrogen) atoms. The SMILES string of the molecule is N#Cc1cc(-c2ccc(C3CCC3)c(Oc3ncccn3)c2F)cnc1N. The van der Waals surface area contributed by atoms with Crippen molar-refractivity contribution in [3.8, 4) is 29.0 Å². The third kappa shape index (κ3) is 3.17. The van der Waals surface area contributed by atoms with Gasteiger partial charge in [-0.1, -0.05) is 18.6 Å². The van der Waals surface area contributed by atoms with Gasteiger partial charge in [-0.25, -0.2) is 19.3 Å². The van der Waals surface area contributed by atoms with Crippen molar-refractivity contribution in [2.45, 2.75) is 25.2 Å². The molecule has 1 aromatic carbocycles. The Morgan fingerprint density at radius 1 is 1.19 bits per heavy atom. The molecule has 0 amide bonds. The average molecular weight is 361 g/mol. The molecule has 3 aromatic rings. The average Bonchev–Trinajstić information content (AvgIpc) is 2.65. The topological polar surface area (TPSA) is 97.7 Å². The molecule has 0 radical (unpaired) electrons. The highest BCUT2D eigenvalue weighted by atomic mass is 19.1. The first kappa shape index (κ1) is 16.9. The van der Waals surface area contributed by atoms with Gasteiger partial charge >= 0.3 is 6.01 Å². The summed E-state index contributed by atoms with van der Waals surface area (Å²) in [5.74, 6) is -0.0329. The second kappa shape index (κ2) is 7.00. The number of ether oxygens (including phenoxy) is 1. The van der Waals surface area contributed by atoms with Gasteiger partial charge in [-0.05, 0) is 30.9 Å². The molecular weight excluding hydrogens is 345 g/mol. The van der Waals surface area contributed by atoms with Crippen molar-refractivity contribution >= 4 is 5.82 Å². The van der Waals surface area contributed by atoms with E-state index in [9.17, 15) is 0 Å². The fourth-order valence-electron chi connectivity index (χ4n) is 3.08. The van der Waals surface area contributed by atoms with Gasteiger partial charge in [-0.2, -0.15) is 5.26 Å². The number of halogens is 1. The maximum atomic E-state index is 15.4. The Balaban J connectivity index is 1.82. The summed E-state index contributed by atoms with van der Waals surface area (Å²) in [6.07, 6.45) is 7.62. The number of nitriles is 1. The number of nitrogens with two attached hydrogens (primary N) is 1. The summed E-state index contributed by atoms with van der Waals surface area (Å²) in [5.41, 5.74) is 7.41. The van der Waals surface area contributed by atoms with Crippen LogP contribution in [0.4, 0.5) is 10.2 Å². The van der Waals surface area contributed by atoms with Crippen LogP contribution >= 0.6 is 0 Å². The van der Waals surface area contributed by atoms with Crippen molar-refractivity contribution < 1.29 is 9.13 Å². The fourth-order valence-corrected chi connectivity index (χ4v) is 3.08. The van der Waals surface area contributed by atoms with Crippen molar-refractivity contribution in [3.63, 3.8) is 0 Å². The van der Waals surface area contributed by atoms with Crippen molar-refractivity contribution in [2.24, 2.45) is 0 Å². The molecule has 1 aliphatic rings. The Hall–Kier alpha value is -3.53. The highest BCUT2D eigenvalue weighted by molar-refractivity contribution is 5.70. The molecule has 0 spiro atoms. The molecule has 2 aromatic heterocycles. The number of benzene rings is 1. The molecule has 0 aliphatic heterocycles. The highest BCUT2D eigenvalue weighted by Crippen LogP contribution is 2.44. The van der Waals surface area contributed by atoms with Crippen LogP contribution in [0, 0.1) is 17.1 Å². The standard InChI is InChI=1S/C20H16FN5O/c21-17-15(14-9-13(10-22)19(23)26-11-14)5-6-16(12-3-1-4-12)18(17)27-20-24-7-2-8-25-20/h2,5-9,11-12H,1,3-4H2,(H2,23,26). The summed E-state index contributed by atoms with van der Waals surface area (Å²) >= 11 is 0. The summed E-state index contributed by atoms with van der Waals surface area (Å²) in [5, 5.41) is 9.16. The fraction of sp³-hybridized carbons (Fsp3) is 0.200. The van der Waals surface area contributed by atoms with E-state index in [1.54, 1.807) is 12.1 Å². The van der Waals surface area contributed by atoms with Crippen molar-refractivity contribution in [3.05, 3.63) is 59.8 Å². The van der Waals surface area contributed by atoms with Gasteiger partial charge in [0, 0.05) is 35.3 Å². The lowest BCUT2D eigenvalue weighted by atomic mass is 9.79. The van der Waals surface area contributed by atoms with Gasteiger partial charge in [0.25, 0.3) is 0 Å². The number of hydrogen-bond acceptors (Lipinski definition) is 6. The predicted octanol–water partition coefficient (Wildman–Crippen LogP) is 4.19. The molecule has 0 saturated heterocycles. The van der Waals surface area contributed by atoms with E-state index >= 15 is 4.39 Å². The van der Waals surface area contributed by atoms with Gasteiger partial charge < -0.3 is 10.5 Å². The van der Waals surface area contributed by atoms with Crippen molar-refractivity contribution in [1.82, 2.24) is 15.0 Å². The van der Waals surface area contributed by atoms with Crippen LogP contribution in [0.15, 0.2) is 42.9 Å². The van der Waals surface area contributed by atoms with Gasteiger partial charge in [0.05, 0.1) is 5.56 Å². The monoisotopic (exact) mass is 361 g/mol. The summed E-state index contributed by atoms with van der Waals surface area (Å²) < 4.78 is 21.2. The second-order valence-corrected chi connectivity index (χ2v) is 6.38. The number of nitrogen functional groups attached to an aromatic ring is 1. The first-order valence-corrected chi connectivity index (χ1v) is 8.60. The third-order valence-electron chi connectivity index (χ3n) is 4.76. The molecule has 0 bridgehead atoms. The van der Waals surface area contributed by atoms with Gasteiger partial charge in [0.2, 0.25) is 0 Å². The zero-order chi connectivity index (χ0) is 18.8. The first-order valence-electron chi connectivity index (χ1n) is 8.60. The maximum absolute atomic E-state index is 15.4. The number of pyridine rings is 1. The lowest BCUT2D eigenvalue weighted by molar-refractivity contribution is 0.371. The first-order chi connectivity index (χ1) is 13.2. The van der Waals surface area contributed by atoms with Crippen LogP contribution in [0.25, 0.3) is 11.1 Å². The number of hydrogen-bond donors (Lipinski definition) is 1. The molecule has 134 valence electrons. The van der Waals surface area contributed by atoms with Gasteiger partial charge in [0.1, 0.15) is 11.9 Å². The minimum absolute atomic E-state index is 0.0854. The van der Waals surface area contributed by atoms with E-state index in [1.165, 1.54) is 24.7 Å². The number of nitrogens with zero attached hydrogens (tertiary/aromatic N) is 4. The smallest absolute Gasteiger partial charge is 0.321 e. The normalized spacial score (nSPS) is 13.6. The maximum Gasteiger partial charge on any atom is 0.321 e. The molecule has 0 unspecified atom stereocenters. The van der Waals surface area contributed by atoms with Gasteiger partial charge in [0.15, 0.2) is 11.6 Å². The summed E-state index contributed by atoms with van der Waals surface area (Å²) in [6.45, 7) is 0. The molecule has 2 heterocycles. The third-order valence-corrected chi connectivity index (χ3v) is 4.76. The van der Waals surface area contributed by atoms with Crippen LogP contribution in [-0.2, 0) is 0 Å². The summed E-state index contributed by atoms with van der Waals surface area (Å²) in [4.78, 5) is 12.0. The minimum atomic E-state index is -0.526. The van der Waals surface area contributed by atoms with Crippen molar-refractivity contribution in [1.29, 1.82) is 5.26 Å². The Labute approximate surface area is 155 Å². The van der Waals surface area contributed by atoms with E-state index in [2.05, 4.69) is 15.0 Å². The Morgan fingerprint density at radius 3 is 2.63 bits per heavy atom. The van der Waals surface area contributed by atoms with Crippen LogP contribution in [-0.4, -0.2) is 15.0 Å². The van der Waals surface area contributed by atoms with E-state index in [0.717, 1.165) is 24.8 Å². The second-order valence-electron chi connectivity index (χ2n) is 6.38. The van der Waals surface area contributed by atoms with E-state index in [-0.39, 0.29) is 34.6 Å². The molecule has 1 fully saturated rings.